The zero-order valence-electron chi connectivity index (χ0n) is 11.1. The van der Waals surface area contributed by atoms with Crippen LogP contribution in [0.4, 0.5) is 0 Å². The highest BCUT2D eigenvalue weighted by molar-refractivity contribution is 7.16. The van der Waals surface area contributed by atoms with Crippen LogP contribution >= 0.6 is 22.9 Å². The maximum Gasteiger partial charge on any atom is 0.254 e. The van der Waals surface area contributed by atoms with Crippen molar-refractivity contribution in [2.45, 2.75) is 6.54 Å². The number of thiophene rings is 1. The average Bonchev–Trinajstić information content (AvgIpc) is 2.83. The number of carbonyl (C=O) groups excluding carboxylic acids is 1. The Balaban J connectivity index is 2.12. The molecule has 0 spiro atoms. The third-order valence-corrected chi connectivity index (χ3v) is 4.01. The van der Waals surface area contributed by atoms with Gasteiger partial charge in [-0.1, -0.05) is 11.6 Å². The lowest BCUT2D eigenvalue weighted by molar-refractivity contribution is 0.0786. The molecule has 0 bridgehead atoms. The lowest BCUT2D eigenvalue weighted by Crippen LogP contribution is -2.25. The Labute approximate surface area is 126 Å². The van der Waals surface area contributed by atoms with Gasteiger partial charge in [-0.3, -0.25) is 4.79 Å². The van der Waals surface area contributed by atoms with Gasteiger partial charge in [0.25, 0.3) is 5.91 Å². The molecule has 1 heterocycles. The molecule has 6 heteroatoms. The first-order chi connectivity index (χ1) is 9.51. The number of aromatic hydroxyl groups is 1. The summed E-state index contributed by atoms with van der Waals surface area (Å²) < 4.78 is 5.65. The second-order valence-corrected chi connectivity index (χ2v) is 6.05. The van der Waals surface area contributed by atoms with Gasteiger partial charge in [0, 0.05) is 17.5 Å². The van der Waals surface area contributed by atoms with Crippen molar-refractivity contribution in [3.63, 3.8) is 0 Å². The fourth-order valence-electron chi connectivity index (χ4n) is 1.79. The van der Waals surface area contributed by atoms with E-state index < -0.39 is 0 Å². The fraction of sp³-hybridized carbons (Fsp3) is 0.214. The Hall–Kier alpha value is -1.72. The molecule has 0 atom stereocenters. The number of ether oxygens (including phenoxy) is 1. The molecule has 0 fully saturated rings. The van der Waals surface area contributed by atoms with E-state index in [-0.39, 0.29) is 11.7 Å². The van der Waals surface area contributed by atoms with Gasteiger partial charge in [-0.2, -0.15) is 0 Å². The van der Waals surface area contributed by atoms with E-state index in [2.05, 4.69) is 0 Å². The largest absolute Gasteiger partial charge is 0.504 e. The number of carbonyl (C=O) groups is 1. The molecule has 20 heavy (non-hydrogen) atoms. The van der Waals surface area contributed by atoms with Crippen LogP contribution in [0.3, 0.4) is 0 Å². The Bertz CT molecular complexity index is 627. The minimum absolute atomic E-state index is 0.0501. The highest BCUT2D eigenvalue weighted by atomic mass is 35.5. The second kappa shape index (κ2) is 6.15. The van der Waals surface area contributed by atoms with Gasteiger partial charge in [0.15, 0.2) is 11.5 Å². The Kier molecular flexibility index (Phi) is 4.52. The van der Waals surface area contributed by atoms with Crippen molar-refractivity contribution < 1.29 is 14.6 Å². The maximum absolute atomic E-state index is 12.3. The van der Waals surface area contributed by atoms with Crippen LogP contribution in [0.5, 0.6) is 11.5 Å². The van der Waals surface area contributed by atoms with Crippen LogP contribution in [0.1, 0.15) is 15.2 Å². The number of hydrogen-bond acceptors (Lipinski definition) is 4. The smallest absolute Gasteiger partial charge is 0.254 e. The van der Waals surface area contributed by atoms with Crippen LogP contribution in [0.25, 0.3) is 0 Å². The number of halogens is 1. The lowest BCUT2D eigenvalue weighted by atomic mass is 10.1. The van der Waals surface area contributed by atoms with Crippen molar-refractivity contribution >= 4 is 28.8 Å². The van der Waals surface area contributed by atoms with E-state index in [0.29, 0.717) is 22.2 Å². The fourth-order valence-corrected chi connectivity index (χ4v) is 2.93. The molecule has 1 amide bonds. The molecule has 0 saturated heterocycles. The summed E-state index contributed by atoms with van der Waals surface area (Å²) in [5.74, 6) is 0.118. The number of phenolic OH excluding ortho intramolecular Hbond substituents is 1. The summed E-state index contributed by atoms with van der Waals surface area (Å²) in [6.45, 7) is 0.475. The van der Waals surface area contributed by atoms with Gasteiger partial charge in [0.1, 0.15) is 0 Å². The molecule has 0 unspecified atom stereocenters. The lowest BCUT2D eigenvalue weighted by Gasteiger charge is -2.16. The molecule has 4 nitrogen and oxygen atoms in total. The number of phenols is 1. The zero-order chi connectivity index (χ0) is 14.7. The molecule has 0 saturated carbocycles. The molecule has 1 aromatic heterocycles. The summed E-state index contributed by atoms with van der Waals surface area (Å²) in [5, 5.41) is 9.70. The third-order valence-electron chi connectivity index (χ3n) is 2.79. The van der Waals surface area contributed by atoms with E-state index in [9.17, 15) is 9.90 Å². The van der Waals surface area contributed by atoms with E-state index in [4.69, 9.17) is 16.3 Å². The molecule has 2 rings (SSSR count). The summed E-state index contributed by atoms with van der Waals surface area (Å²) in [6.07, 6.45) is 0. The second-order valence-electron chi connectivity index (χ2n) is 4.25. The molecule has 0 aliphatic rings. The van der Waals surface area contributed by atoms with Crippen molar-refractivity contribution in [2.24, 2.45) is 0 Å². The normalized spacial score (nSPS) is 10.3. The van der Waals surface area contributed by atoms with E-state index >= 15 is 0 Å². The Morgan fingerprint density at radius 3 is 2.70 bits per heavy atom. The number of rotatable bonds is 4. The van der Waals surface area contributed by atoms with Gasteiger partial charge in [0.05, 0.1) is 18.0 Å². The predicted octanol–water partition coefficient (Wildman–Crippen LogP) is 3.39. The quantitative estimate of drug-likeness (QED) is 0.941. The van der Waals surface area contributed by atoms with Crippen LogP contribution in [0.15, 0.2) is 30.3 Å². The van der Waals surface area contributed by atoms with Crippen LogP contribution < -0.4 is 4.74 Å². The molecule has 0 aliphatic carbocycles. The summed E-state index contributed by atoms with van der Waals surface area (Å²) in [5.41, 5.74) is 0.411. The highest BCUT2D eigenvalue weighted by Crippen LogP contribution is 2.27. The number of benzene rings is 1. The molecule has 1 aromatic carbocycles. The minimum atomic E-state index is -0.174. The SMILES string of the molecule is COc1ccc(C(=O)N(C)Cc2ccc(Cl)s2)cc1O. The summed E-state index contributed by atoms with van der Waals surface area (Å²) in [6, 6.07) is 8.29. The van der Waals surface area contributed by atoms with Crippen molar-refractivity contribution in [3.05, 3.63) is 45.1 Å². The van der Waals surface area contributed by atoms with Gasteiger partial charge in [-0.25, -0.2) is 0 Å². The van der Waals surface area contributed by atoms with Crippen molar-refractivity contribution in [1.82, 2.24) is 4.90 Å². The Morgan fingerprint density at radius 2 is 2.15 bits per heavy atom. The number of nitrogens with zero attached hydrogens (tertiary/aromatic N) is 1. The molecule has 2 aromatic rings. The number of hydrogen-bond donors (Lipinski definition) is 1. The minimum Gasteiger partial charge on any atom is -0.504 e. The van der Waals surface area contributed by atoms with Gasteiger partial charge in [0.2, 0.25) is 0 Å². The van der Waals surface area contributed by atoms with E-state index in [1.54, 1.807) is 30.1 Å². The summed E-state index contributed by atoms with van der Waals surface area (Å²) >= 11 is 7.30. The predicted molar refractivity (Wildman–Crippen MR) is 79.8 cm³/mol. The standard InChI is InChI=1S/C14H14ClNO3S/c1-16(8-10-4-6-13(15)20-10)14(18)9-3-5-12(19-2)11(17)7-9/h3-7,17H,8H2,1-2H3. The van der Waals surface area contributed by atoms with Crippen LogP contribution in [-0.4, -0.2) is 30.1 Å². The van der Waals surface area contributed by atoms with Gasteiger partial charge in [-0.15, -0.1) is 11.3 Å². The highest BCUT2D eigenvalue weighted by Gasteiger charge is 2.15. The molecule has 0 radical (unpaired) electrons. The van der Waals surface area contributed by atoms with Crippen molar-refractivity contribution in [2.75, 3.05) is 14.2 Å². The Morgan fingerprint density at radius 1 is 1.40 bits per heavy atom. The summed E-state index contributed by atoms with van der Waals surface area (Å²) in [4.78, 5) is 14.8. The van der Waals surface area contributed by atoms with Crippen LogP contribution in [-0.2, 0) is 6.54 Å². The van der Waals surface area contributed by atoms with Crippen LogP contribution in [0, 0.1) is 0 Å². The molecule has 0 aliphatic heterocycles. The summed E-state index contributed by atoms with van der Waals surface area (Å²) in [7, 11) is 3.17. The molecular weight excluding hydrogens is 298 g/mol. The number of methoxy groups -OCH3 is 1. The molecule has 1 N–H and O–H groups in total. The molecule has 106 valence electrons. The van der Waals surface area contributed by atoms with E-state index in [1.165, 1.54) is 24.5 Å². The first-order valence-corrected chi connectivity index (χ1v) is 7.07. The first-order valence-electron chi connectivity index (χ1n) is 5.88. The third kappa shape index (κ3) is 3.23. The maximum atomic E-state index is 12.3. The topological polar surface area (TPSA) is 49.8 Å². The van der Waals surface area contributed by atoms with Crippen LogP contribution in [0.2, 0.25) is 4.34 Å². The van der Waals surface area contributed by atoms with E-state index in [1.807, 2.05) is 6.07 Å². The zero-order valence-corrected chi connectivity index (χ0v) is 12.7. The van der Waals surface area contributed by atoms with Gasteiger partial charge < -0.3 is 14.7 Å². The van der Waals surface area contributed by atoms with E-state index in [0.717, 1.165) is 4.88 Å². The first kappa shape index (κ1) is 14.7. The molecular formula is C14H14ClNO3S. The van der Waals surface area contributed by atoms with Crippen molar-refractivity contribution in [3.8, 4) is 11.5 Å². The van der Waals surface area contributed by atoms with Crippen molar-refractivity contribution in [1.29, 1.82) is 0 Å². The van der Waals surface area contributed by atoms with Gasteiger partial charge in [-0.05, 0) is 30.3 Å². The van der Waals surface area contributed by atoms with Gasteiger partial charge >= 0.3 is 0 Å². The average molecular weight is 312 g/mol. The number of amides is 1. The monoisotopic (exact) mass is 311 g/mol.